The van der Waals surface area contributed by atoms with Gasteiger partial charge in [-0.05, 0) is 52.4 Å². The van der Waals surface area contributed by atoms with Crippen molar-refractivity contribution in [3.8, 4) is 0 Å². The minimum absolute atomic E-state index is 0.231. The number of benzene rings is 4. The lowest BCUT2D eigenvalue weighted by atomic mass is 9.97. The van der Waals surface area contributed by atoms with Gasteiger partial charge in [0, 0.05) is 17.1 Å². The predicted molar refractivity (Wildman–Crippen MR) is 220 cm³/mol. The molecule has 0 aliphatic carbocycles. The summed E-state index contributed by atoms with van der Waals surface area (Å²) >= 11 is 0. The predicted octanol–water partition coefficient (Wildman–Crippen LogP) is 9.42. The third kappa shape index (κ3) is 8.19. The summed E-state index contributed by atoms with van der Waals surface area (Å²) in [6.07, 6.45) is -1.37. The highest BCUT2D eigenvalue weighted by Gasteiger charge is 2.56. The molecule has 1 unspecified atom stereocenters. The maximum atomic E-state index is 13.8. The average Bonchev–Trinajstić information content (AvgIpc) is 3.59. The second kappa shape index (κ2) is 17.5. The molecule has 298 valence electrons. The van der Waals surface area contributed by atoms with Gasteiger partial charge in [0.1, 0.15) is 24.4 Å². The van der Waals surface area contributed by atoms with E-state index in [1.165, 1.54) is 3.97 Å². The SMILES string of the molecule is CC(C)[Si](O[C@H]1[C@@H](OCCc2cn(S(=O)(=O)c3ccccc3)c3ccccc23)O[C@H]2COC(c3ccccc3)O[C@@H]2[C@H]1OCc1ccccc1)(C(C)C)C(C)C. The molecular weight excluding hydrogens is 743 g/mol. The number of rotatable bonds is 15. The summed E-state index contributed by atoms with van der Waals surface area (Å²) < 4.78 is 70.3. The molecule has 4 aromatic carbocycles. The first-order chi connectivity index (χ1) is 27.0. The lowest BCUT2D eigenvalue weighted by molar-refractivity contribution is -0.364. The summed E-state index contributed by atoms with van der Waals surface area (Å²) in [5.74, 6) is 0. The van der Waals surface area contributed by atoms with Crippen LogP contribution in [0.5, 0.6) is 0 Å². The van der Waals surface area contributed by atoms with Crippen molar-refractivity contribution in [1.29, 1.82) is 0 Å². The van der Waals surface area contributed by atoms with E-state index in [0.29, 0.717) is 35.2 Å². The molecule has 56 heavy (non-hydrogen) atoms. The van der Waals surface area contributed by atoms with Gasteiger partial charge in [-0.1, -0.05) is 139 Å². The van der Waals surface area contributed by atoms with Crippen LogP contribution in [0.15, 0.2) is 126 Å². The Bertz CT molecular complexity index is 2110. The summed E-state index contributed by atoms with van der Waals surface area (Å²) in [7, 11) is -6.36. The minimum atomic E-state index is -3.83. The Morgan fingerprint density at radius 2 is 1.34 bits per heavy atom. The summed E-state index contributed by atoms with van der Waals surface area (Å²) in [5.41, 5.74) is 4.31. The Morgan fingerprint density at radius 3 is 2.00 bits per heavy atom. The van der Waals surface area contributed by atoms with Crippen LogP contribution in [0.1, 0.15) is 64.5 Å². The standard InChI is InChI=1S/C45H55NO8SSi/c1-31(2)56(32(3)4,33(5)6)54-43-42(50-29-34-18-10-7-11-19-34)41-40(30-51-44(53-41)35-20-12-8-13-21-35)52-45(43)49-27-26-36-28-46(39-25-17-16-24-38(36)39)55(47,48)37-22-14-9-15-23-37/h7-25,28,31-33,40-45H,26-27,29-30H2,1-6H3/t40-,41-,42+,43+,44?,45-/m0/s1. The van der Waals surface area contributed by atoms with Gasteiger partial charge >= 0.3 is 0 Å². The first kappa shape index (κ1) is 40.5. The maximum absolute atomic E-state index is 13.8. The molecule has 0 bridgehead atoms. The van der Waals surface area contributed by atoms with E-state index in [2.05, 4.69) is 53.7 Å². The lowest BCUT2D eigenvalue weighted by Crippen LogP contribution is -2.66. The third-order valence-corrected chi connectivity index (χ3v) is 19.2. The van der Waals surface area contributed by atoms with Crippen LogP contribution in [0.4, 0.5) is 0 Å². The summed E-state index contributed by atoms with van der Waals surface area (Å²) in [6.45, 7) is 14.5. The molecule has 5 aromatic rings. The van der Waals surface area contributed by atoms with E-state index in [1.807, 2.05) is 78.9 Å². The fourth-order valence-corrected chi connectivity index (χ4v) is 15.7. The Labute approximate surface area is 333 Å². The van der Waals surface area contributed by atoms with Crippen molar-refractivity contribution in [2.75, 3.05) is 13.2 Å². The van der Waals surface area contributed by atoms with Crippen molar-refractivity contribution in [3.05, 3.63) is 138 Å². The van der Waals surface area contributed by atoms with E-state index >= 15 is 0 Å². The molecule has 0 amide bonds. The minimum Gasteiger partial charge on any atom is -0.405 e. The van der Waals surface area contributed by atoms with Crippen LogP contribution in [0.25, 0.3) is 10.9 Å². The quantitative estimate of drug-likeness (QED) is 0.0968. The molecule has 3 heterocycles. The Morgan fingerprint density at radius 1 is 0.732 bits per heavy atom. The summed E-state index contributed by atoms with van der Waals surface area (Å²) in [6, 6.07) is 36.2. The van der Waals surface area contributed by atoms with Gasteiger partial charge in [0.15, 0.2) is 12.6 Å². The van der Waals surface area contributed by atoms with Crippen LogP contribution in [-0.4, -0.2) is 64.6 Å². The molecule has 0 spiro atoms. The van der Waals surface area contributed by atoms with Gasteiger partial charge in [-0.3, -0.25) is 0 Å². The first-order valence-corrected chi connectivity index (χ1v) is 23.4. The molecule has 2 fully saturated rings. The van der Waals surface area contributed by atoms with Gasteiger partial charge in [0.05, 0.1) is 30.2 Å². The zero-order valence-corrected chi connectivity index (χ0v) is 35.0. The molecule has 1 aromatic heterocycles. The molecule has 2 aliphatic rings. The van der Waals surface area contributed by atoms with Crippen molar-refractivity contribution in [2.24, 2.45) is 0 Å². The Balaban J connectivity index is 1.22. The van der Waals surface area contributed by atoms with Gasteiger partial charge in [-0.25, -0.2) is 12.4 Å². The number of hydrogen-bond acceptors (Lipinski definition) is 8. The van der Waals surface area contributed by atoms with Crippen LogP contribution in [0.2, 0.25) is 16.6 Å². The van der Waals surface area contributed by atoms with E-state index in [0.717, 1.165) is 22.1 Å². The number of nitrogens with zero attached hydrogens (tertiary/aromatic N) is 1. The van der Waals surface area contributed by atoms with E-state index in [4.69, 9.17) is 28.1 Å². The monoisotopic (exact) mass is 797 g/mol. The van der Waals surface area contributed by atoms with E-state index in [-0.39, 0.29) is 18.1 Å². The molecule has 7 rings (SSSR count). The number of aromatic nitrogens is 1. The average molecular weight is 798 g/mol. The molecule has 2 aliphatic heterocycles. The largest absolute Gasteiger partial charge is 0.405 e. The number of fused-ring (bicyclic) bond motifs is 2. The number of hydrogen-bond donors (Lipinski definition) is 0. The molecule has 0 radical (unpaired) electrons. The summed E-state index contributed by atoms with van der Waals surface area (Å²) in [5, 5.41) is 0.851. The summed E-state index contributed by atoms with van der Waals surface area (Å²) in [4.78, 5) is 0.231. The van der Waals surface area contributed by atoms with Crippen LogP contribution >= 0.6 is 0 Å². The smallest absolute Gasteiger partial charge is 0.268 e. The van der Waals surface area contributed by atoms with Gasteiger partial charge in [0.25, 0.3) is 10.0 Å². The molecular formula is C45H55NO8SSi. The van der Waals surface area contributed by atoms with E-state index < -0.39 is 55.3 Å². The lowest BCUT2D eigenvalue weighted by Gasteiger charge is -2.53. The van der Waals surface area contributed by atoms with Gasteiger partial charge < -0.3 is 28.1 Å². The fraction of sp³-hybridized carbons (Fsp3) is 0.422. The van der Waals surface area contributed by atoms with Crippen molar-refractivity contribution >= 4 is 29.2 Å². The van der Waals surface area contributed by atoms with Gasteiger partial charge in [-0.2, -0.15) is 0 Å². The first-order valence-electron chi connectivity index (χ1n) is 19.8. The highest BCUT2D eigenvalue weighted by molar-refractivity contribution is 7.90. The van der Waals surface area contributed by atoms with E-state index in [1.54, 1.807) is 30.5 Å². The number of ether oxygens (including phenoxy) is 5. The second-order valence-corrected chi connectivity index (χ2v) is 23.0. The van der Waals surface area contributed by atoms with Gasteiger partial charge in [-0.15, -0.1) is 0 Å². The third-order valence-electron chi connectivity index (χ3n) is 11.4. The van der Waals surface area contributed by atoms with Crippen LogP contribution in [-0.2, 0) is 51.2 Å². The van der Waals surface area contributed by atoms with Gasteiger partial charge in [0.2, 0.25) is 8.32 Å². The fourth-order valence-electron chi connectivity index (χ4n) is 8.79. The van der Waals surface area contributed by atoms with Crippen LogP contribution in [0, 0.1) is 0 Å². The zero-order valence-electron chi connectivity index (χ0n) is 33.2. The molecule has 0 N–H and O–H groups in total. The van der Waals surface area contributed by atoms with Crippen LogP contribution < -0.4 is 0 Å². The Hall–Kier alpha value is -3.65. The molecule has 11 heteroatoms. The maximum Gasteiger partial charge on any atom is 0.268 e. The molecule has 6 atom stereocenters. The van der Waals surface area contributed by atoms with Crippen molar-refractivity contribution < 1.29 is 36.5 Å². The number of para-hydroxylation sites is 1. The van der Waals surface area contributed by atoms with Crippen molar-refractivity contribution in [2.45, 2.75) is 113 Å². The topological polar surface area (TPSA) is 94.5 Å². The van der Waals surface area contributed by atoms with E-state index in [9.17, 15) is 8.42 Å². The van der Waals surface area contributed by atoms with Crippen molar-refractivity contribution in [3.63, 3.8) is 0 Å². The highest BCUT2D eigenvalue weighted by atomic mass is 32.2. The highest BCUT2D eigenvalue weighted by Crippen LogP contribution is 2.46. The molecule has 0 saturated carbocycles. The van der Waals surface area contributed by atoms with Crippen molar-refractivity contribution in [1.82, 2.24) is 3.97 Å². The molecule has 2 saturated heterocycles. The second-order valence-electron chi connectivity index (χ2n) is 15.8. The molecule has 9 nitrogen and oxygen atoms in total. The van der Waals surface area contributed by atoms with Crippen LogP contribution in [0.3, 0.4) is 0 Å². The Kier molecular flexibility index (Phi) is 12.6. The zero-order chi connectivity index (χ0) is 39.5. The normalized spacial score (nSPS) is 23.2.